The van der Waals surface area contributed by atoms with Crippen molar-refractivity contribution in [2.75, 3.05) is 29.9 Å². The summed E-state index contributed by atoms with van der Waals surface area (Å²) in [7, 11) is 0. The number of halogens is 3. The number of rotatable bonds is 5. The van der Waals surface area contributed by atoms with Gasteiger partial charge in [-0.1, -0.05) is 0 Å². The zero-order valence-electron chi connectivity index (χ0n) is 14.6. The minimum absolute atomic E-state index is 0.163. The molecule has 0 radical (unpaired) electrons. The first-order valence-corrected chi connectivity index (χ1v) is 8.43. The Balaban J connectivity index is 1.48. The first-order valence-electron chi connectivity index (χ1n) is 8.43. The minimum atomic E-state index is -4.40. The summed E-state index contributed by atoms with van der Waals surface area (Å²) in [6.45, 7) is 3.23. The van der Waals surface area contributed by atoms with Crippen LogP contribution >= 0.6 is 0 Å². The van der Waals surface area contributed by atoms with Crippen LogP contribution in [0.2, 0.25) is 0 Å². The molecule has 1 fully saturated rings. The molecular weight excluding hydrogens is 361 g/mol. The first kappa shape index (κ1) is 18.8. The molecule has 1 aliphatic heterocycles. The highest BCUT2D eigenvalue weighted by molar-refractivity contribution is 5.89. The molecule has 2 amide bonds. The van der Waals surface area contributed by atoms with Crippen LogP contribution in [0, 0.1) is 0 Å². The summed E-state index contributed by atoms with van der Waals surface area (Å²) in [6.07, 6.45) is -3.27. The van der Waals surface area contributed by atoms with E-state index in [9.17, 15) is 18.0 Å². The van der Waals surface area contributed by atoms with E-state index in [0.29, 0.717) is 31.1 Å². The average Bonchev–Trinajstić information content (AvgIpc) is 2.59. The number of nitrogens with one attached hydrogen (secondary N) is 2. The van der Waals surface area contributed by atoms with Crippen molar-refractivity contribution in [3.05, 3.63) is 48.2 Å². The van der Waals surface area contributed by atoms with Crippen molar-refractivity contribution in [3.8, 4) is 5.75 Å². The van der Waals surface area contributed by atoms with Crippen molar-refractivity contribution in [1.82, 2.24) is 10.3 Å². The zero-order valence-corrected chi connectivity index (χ0v) is 14.6. The second-order valence-electron chi connectivity index (χ2n) is 6.06. The molecule has 2 heterocycles. The van der Waals surface area contributed by atoms with Gasteiger partial charge in [0.15, 0.2) is 0 Å². The molecule has 2 N–H and O–H groups in total. The van der Waals surface area contributed by atoms with Gasteiger partial charge in [0, 0.05) is 25.0 Å². The molecule has 2 aromatic rings. The van der Waals surface area contributed by atoms with Gasteiger partial charge < -0.3 is 20.3 Å². The summed E-state index contributed by atoms with van der Waals surface area (Å²) in [5, 5.41) is 5.48. The molecule has 3 rings (SSSR count). The lowest BCUT2D eigenvalue weighted by Crippen LogP contribution is -2.60. The summed E-state index contributed by atoms with van der Waals surface area (Å²) in [6, 6.07) is 8.37. The molecule has 0 aliphatic carbocycles. The summed E-state index contributed by atoms with van der Waals surface area (Å²) in [5.41, 5.74) is -0.121. The van der Waals surface area contributed by atoms with Crippen LogP contribution in [0.1, 0.15) is 12.5 Å². The summed E-state index contributed by atoms with van der Waals surface area (Å²) in [5.74, 6) is 0.960. The van der Waals surface area contributed by atoms with Crippen molar-refractivity contribution in [3.63, 3.8) is 0 Å². The molecule has 1 aromatic heterocycles. The Bertz CT molecular complexity index is 790. The molecule has 6 nitrogen and oxygen atoms in total. The van der Waals surface area contributed by atoms with Gasteiger partial charge in [0.2, 0.25) is 0 Å². The number of amides is 2. The number of benzene rings is 1. The molecule has 1 saturated heterocycles. The van der Waals surface area contributed by atoms with Gasteiger partial charge in [0.25, 0.3) is 0 Å². The smallest absolute Gasteiger partial charge is 0.416 e. The topological polar surface area (TPSA) is 66.5 Å². The molecule has 144 valence electrons. The number of anilines is 2. The number of carbonyl (C=O) groups excluding carboxylic acids is 1. The minimum Gasteiger partial charge on any atom is -0.494 e. The van der Waals surface area contributed by atoms with Crippen molar-refractivity contribution in [2.24, 2.45) is 0 Å². The number of aromatic nitrogens is 1. The van der Waals surface area contributed by atoms with Crippen LogP contribution in [0.15, 0.2) is 42.6 Å². The fourth-order valence-corrected chi connectivity index (χ4v) is 2.68. The van der Waals surface area contributed by atoms with Gasteiger partial charge in [0.05, 0.1) is 18.2 Å². The second kappa shape index (κ2) is 7.73. The third-order valence-corrected chi connectivity index (χ3v) is 4.04. The van der Waals surface area contributed by atoms with E-state index in [4.69, 9.17) is 4.74 Å². The molecule has 0 atom stereocenters. The van der Waals surface area contributed by atoms with E-state index in [2.05, 4.69) is 15.6 Å². The van der Waals surface area contributed by atoms with Gasteiger partial charge in [0.1, 0.15) is 11.6 Å². The Labute approximate surface area is 154 Å². The quantitative estimate of drug-likeness (QED) is 0.833. The van der Waals surface area contributed by atoms with Gasteiger partial charge in [-0.3, -0.25) is 0 Å². The van der Waals surface area contributed by atoms with E-state index in [0.717, 1.165) is 18.3 Å². The van der Waals surface area contributed by atoms with E-state index in [1.165, 1.54) is 0 Å². The van der Waals surface area contributed by atoms with Gasteiger partial charge >= 0.3 is 12.2 Å². The highest BCUT2D eigenvalue weighted by atomic mass is 19.4. The number of urea groups is 1. The predicted octanol–water partition coefficient (Wildman–Crippen LogP) is 3.51. The lowest BCUT2D eigenvalue weighted by Gasteiger charge is -2.40. The molecule has 0 bridgehead atoms. The zero-order chi connectivity index (χ0) is 19.4. The SMILES string of the molecule is CCOc1ccc(NC(=O)NC2CN(c3cc(C(F)(F)F)ccn3)C2)cc1. The van der Waals surface area contributed by atoms with Crippen LogP contribution in [-0.4, -0.2) is 36.8 Å². The summed E-state index contributed by atoms with van der Waals surface area (Å²) >= 11 is 0. The van der Waals surface area contributed by atoms with E-state index in [1.807, 2.05) is 6.92 Å². The van der Waals surface area contributed by atoms with Gasteiger partial charge in [-0.25, -0.2) is 9.78 Å². The molecule has 0 spiro atoms. The maximum atomic E-state index is 12.8. The van der Waals surface area contributed by atoms with E-state index >= 15 is 0 Å². The molecule has 1 aromatic carbocycles. The average molecular weight is 380 g/mol. The van der Waals surface area contributed by atoms with Crippen LogP contribution in [0.25, 0.3) is 0 Å². The van der Waals surface area contributed by atoms with Gasteiger partial charge in [-0.05, 0) is 43.3 Å². The standard InChI is InChI=1S/C18H19F3N4O2/c1-2-27-15-5-3-13(4-6-15)23-17(26)24-14-10-25(11-14)16-9-12(7-8-22-16)18(19,20)21/h3-9,14H,2,10-11H2,1H3,(H2,23,24,26). The van der Waals surface area contributed by atoms with Crippen molar-refractivity contribution in [1.29, 1.82) is 0 Å². The van der Waals surface area contributed by atoms with E-state index in [1.54, 1.807) is 29.2 Å². The Morgan fingerprint density at radius 1 is 1.26 bits per heavy atom. The number of pyridine rings is 1. The monoisotopic (exact) mass is 380 g/mol. The molecule has 0 unspecified atom stereocenters. The molecule has 0 saturated carbocycles. The highest BCUT2D eigenvalue weighted by Gasteiger charge is 2.33. The van der Waals surface area contributed by atoms with Gasteiger partial charge in [-0.15, -0.1) is 0 Å². The third-order valence-electron chi connectivity index (χ3n) is 4.04. The Kier molecular flexibility index (Phi) is 5.38. The molecule has 27 heavy (non-hydrogen) atoms. The van der Waals surface area contributed by atoms with Crippen LogP contribution in [0.5, 0.6) is 5.75 Å². The maximum Gasteiger partial charge on any atom is 0.416 e. The largest absolute Gasteiger partial charge is 0.494 e. The second-order valence-corrected chi connectivity index (χ2v) is 6.06. The molecule has 1 aliphatic rings. The Hall–Kier alpha value is -2.97. The number of carbonyl (C=O) groups is 1. The number of ether oxygens (including phenoxy) is 1. The van der Waals surface area contributed by atoms with Crippen LogP contribution in [0.4, 0.5) is 29.5 Å². The highest BCUT2D eigenvalue weighted by Crippen LogP contribution is 2.31. The van der Waals surface area contributed by atoms with Gasteiger partial charge in [-0.2, -0.15) is 13.2 Å². The number of alkyl halides is 3. The number of hydrogen-bond acceptors (Lipinski definition) is 4. The number of nitrogens with zero attached hydrogens (tertiary/aromatic N) is 2. The van der Waals surface area contributed by atoms with Crippen LogP contribution < -0.4 is 20.3 Å². The predicted molar refractivity (Wildman–Crippen MR) is 95.0 cm³/mol. The van der Waals surface area contributed by atoms with Crippen LogP contribution in [0.3, 0.4) is 0 Å². The summed E-state index contributed by atoms with van der Waals surface area (Å²) in [4.78, 5) is 17.7. The lowest BCUT2D eigenvalue weighted by atomic mass is 10.1. The van der Waals surface area contributed by atoms with E-state index < -0.39 is 11.7 Å². The van der Waals surface area contributed by atoms with Crippen molar-refractivity contribution >= 4 is 17.5 Å². The van der Waals surface area contributed by atoms with Crippen LogP contribution in [-0.2, 0) is 6.18 Å². The Morgan fingerprint density at radius 2 is 1.96 bits per heavy atom. The van der Waals surface area contributed by atoms with Crippen molar-refractivity contribution in [2.45, 2.75) is 19.1 Å². The van der Waals surface area contributed by atoms with E-state index in [-0.39, 0.29) is 17.9 Å². The fraction of sp³-hybridized carbons (Fsp3) is 0.333. The normalized spacial score (nSPS) is 14.4. The summed E-state index contributed by atoms with van der Waals surface area (Å²) < 4.78 is 43.6. The maximum absolute atomic E-state index is 12.8. The Morgan fingerprint density at radius 3 is 2.59 bits per heavy atom. The third kappa shape index (κ3) is 4.81. The molecule has 9 heteroatoms. The molecular formula is C18H19F3N4O2. The first-order chi connectivity index (χ1) is 12.8. The number of hydrogen-bond donors (Lipinski definition) is 2. The lowest BCUT2D eigenvalue weighted by molar-refractivity contribution is -0.137. The van der Waals surface area contributed by atoms with Crippen molar-refractivity contribution < 1.29 is 22.7 Å². The fourth-order valence-electron chi connectivity index (χ4n) is 2.68.